The molecule has 20 heavy (non-hydrogen) atoms. The predicted octanol–water partition coefficient (Wildman–Crippen LogP) is 2.88. The van der Waals surface area contributed by atoms with Crippen LogP contribution in [-0.2, 0) is 10.0 Å². The van der Waals surface area contributed by atoms with Gasteiger partial charge < -0.3 is 4.74 Å². The Morgan fingerprint density at radius 2 is 1.75 bits per heavy atom. The summed E-state index contributed by atoms with van der Waals surface area (Å²) in [5, 5.41) is 0. The minimum absolute atomic E-state index is 0.383. The molecule has 0 unspecified atom stereocenters. The lowest BCUT2D eigenvalue weighted by Gasteiger charge is -2.27. The summed E-state index contributed by atoms with van der Waals surface area (Å²) in [5.74, 6) is 0.661. The van der Waals surface area contributed by atoms with Gasteiger partial charge in [-0.05, 0) is 44.7 Å². The molecule has 0 bridgehead atoms. The zero-order valence-electron chi connectivity index (χ0n) is 12.5. The molecule has 1 aromatic rings. The van der Waals surface area contributed by atoms with E-state index in [4.69, 9.17) is 4.74 Å². The van der Waals surface area contributed by atoms with E-state index in [9.17, 15) is 8.42 Å². The van der Waals surface area contributed by atoms with E-state index in [1.54, 1.807) is 10.4 Å². The van der Waals surface area contributed by atoms with Crippen LogP contribution in [0, 0.1) is 13.8 Å². The highest BCUT2D eigenvalue weighted by Crippen LogP contribution is 2.29. The Balaban J connectivity index is 2.42. The topological polar surface area (TPSA) is 46.6 Å². The smallest absolute Gasteiger partial charge is 0.243 e. The molecule has 5 heteroatoms. The Labute approximate surface area is 121 Å². The molecule has 1 aromatic carbocycles. The van der Waals surface area contributed by atoms with Crippen molar-refractivity contribution in [3.63, 3.8) is 0 Å². The molecule has 0 radical (unpaired) electrons. The van der Waals surface area contributed by atoms with Crippen LogP contribution in [0.25, 0.3) is 0 Å². The molecule has 1 fully saturated rings. The maximum atomic E-state index is 12.7. The lowest BCUT2D eigenvalue weighted by Crippen LogP contribution is -2.36. The van der Waals surface area contributed by atoms with Crippen molar-refractivity contribution in [2.75, 3.05) is 19.7 Å². The van der Waals surface area contributed by atoms with Crippen LogP contribution in [0.3, 0.4) is 0 Å². The molecule has 1 heterocycles. The number of rotatable bonds is 4. The fraction of sp³-hybridized carbons (Fsp3) is 0.600. The van der Waals surface area contributed by atoms with Crippen molar-refractivity contribution in [1.82, 2.24) is 4.31 Å². The number of ether oxygens (including phenoxy) is 1. The van der Waals surface area contributed by atoms with Gasteiger partial charge >= 0.3 is 0 Å². The average molecular weight is 297 g/mol. The Hall–Kier alpha value is -1.07. The second-order valence-electron chi connectivity index (χ2n) is 5.28. The highest BCUT2D eigenvalue weighted by molar-refractivity contribution is 7.89. The molecule has 4 nitrogen and oxygen atoms in total. The van der Waals surface area contributed by atoms with Gasteiger partial charge in [0, 0.05) is 19.2 Å². The standard InChI is InChI=1S/C15H23NO3S/c1-4-19-14-11-15(13(3)10-12(14)2)20(17,18)16-8-6-5-7-9-16/h10-11H,4-9H2,1-3H3. The van der Waals surface area contributed by atoms with Gasteiger partial charge in [0.1, 0.15) is 5.75 Å². The van der Waals surface area contributed by atoms with Gasteiger partial charge in [0.2, 0.25) is 10.0 Å². The van der Waals surface area contributed by atoms with E-state index in [1.807, 2.05) is 26.8 Å². The maximum Gasteiger partial charge on any atom is 0.243 e. The summed E-state index contributed by atoms with van der Waals surface area (Å²) in [4.78, 5) is 0.383. The third kappa shape index (κ3) is 2.99. The molecule has 0 amide bonds. The van der Waals surface area contributed by atoms with Crippen molar-refractivity contribution in [3.05, 3.63) is 23.3 Å². The number of hydrogen-bond donors (Lipinski definition) is 0. The monoisotopic (exact) mass is 297 g/mol. The van der Waals surface area contributed by atoms with Crippen molar-refractivity contribution in [2.24, 2.45) is 0 Å². The molecule has 1 aliphatic rings. The Kier molecular flexibility index (Phi) is 4.70. The first-order valence-electron chi connectivity index (χ1n) is 7.21. The van der Waals surface area contributed by atoms with Gasteiger partial charge in [-0.15, -0.1) is 0 Å². The van der Waals surface area contributed by atoms with E-state index in [-0.39, 0.29) is 0 Å². The number of sulfonamides is 1. The van der Waals surface area contributed by atoms with Crippen LogP contribution < -0.4 is 4.74 Å². The predicted molar refractivity (Wildman–Crippen MR) is 79.7 cm³/mol. The summed E-state index contributed by atoms with van der Waals surface area (Å²) >= 11 is 0. The number of piperidine rings is 1. The molecule has 0 atom stereocenters. The number of hydrogen-bond acceptors (Lipinski definition) is 3. The van der Waals surface area contributed by atoms with Crippen molar-refractivity contribution >= 4 is 10.0 Å². The quantitative estimate of drug-likeness (QED) is 0.858. The van der Waals surface area contributed by atoms with Crippen LogP contribution in [-0.4, -0.2) is 32.4 Å². The molecule has 0 N–H and O–H groups in total. The minimum atomic E-state index is -3.40. The molecule has 0 spiro atoms. The van der Waals surface area contributed by atoms with Crippen molar-refractivity contribution in [3.8, 4) is 5.75 Å². The van der Waals surface area contributed by atoms with Crippen LogP contribution in [0.5, 0.6) is 5.75 Å². The molecular weight excluding hydrogens is 274 g/mol. The van der Waals surface area contributed by atoms with Gasteiger partial charge in [-0.25, -0.2) is 8.42 Å². The SMILES string of the molecule is CCOc1cc(S(=O)(=O)N2CCCCC2)c(C)cc1C. The molecular formula is C15H23NO3S. The van der Waals surface area contributed by atoms with Crippen LogP contribution in [0.1, 0.15) is 37.3 Å². The van der Waals surface area contributed by atoms with E-state index < -0.39 is 10.0 Å². The highest BCUT2D eigenvalue weighted by Gasteiger charge is 2.28. The van der Waals surface area contributed by atoms with Gasteiger partial charge in [0.25, 0.3) is 0 Å². The maximum absolute atomic E-state index is 12.7. The third-order valence-electron chi connectivity index (χ3n) is 3.71. The zero-order chi connectivity index (χ0) is 14.8. The number of benzene rings is 1. The molecule has 0 aromatic heterocycles. The van der Waals surface area contributed by atoms with Crippen molar-refractivity contribution in [1.29, 1.82) is 0 Å². The molecule has 2 rings (SSSR count). The van der Waals surface area contributed by atoms with Gasteiger partial charge in [-0.1, -0.05) is 12.5 Å². The van der Waals surface area contributed by atoms with E-state index in [1.165, 1.54) is 0 Å². The summed E-state index contributed by atoms with van der Waals surface area (Å²) in [6.07, 6.45) is 3.01. The van der Waals surface area contributed by atoms with Crippen LogP contribution in [0.15, 0.2) is 17.0 Å². The zero-order valence-corrected chi connectivity index (χ0v) is 13.3. The second kappa shape index (κ2) is 6.14. The lowest BCUT2D eigenvalue weighted by atomic mass is 10.1. The summed E-state index contributed by atoms with van der Waals surface area (Å²) in [7, 11) is -3.40. The summed E-state index contributed by atoms with van der Waals surface area (Å²) in [6, 6.07) is 3.57. The van der Waals surface area contributed by atoms with E-state index in [0.717, 1.165) is 30.4 Å². The van der Waals surface area contributed by atoms with Crippen molar-refractivity contribution in [2.45, 2.75) is 44.9 Å². The first-order valence-corrected chi connectivity index (χ1v) is 8.65. The Bertz CT molecular complexity index is 575. The third-order valence-corrected chi connectivity index (χ3v) is 5.75. The summed E-state index contributed by atoms with van der Waals surface area (Å²) in [6.45, 7) is 7.47. The Morgan fingerprint density at radius 1 is 1.10 bits per heavy atom. The molecule has 1 saturated heterocycles. The van der Waals surface area contributed by atoms with Crippen molar-refractivity contribution < 1.29 is 13.2 Å². The van der Waals surface area contributed by atoms with Gasteiger partial charge in [-0.2, -0.15) is 4.31 Å². The summed E-state index contributed by atoms with van der Waals surface area (Å²) < 4.78 is 32.6. The number of aryl methyl sites for hydroxylation is 2. The molecule has 0 saturated carbocycles. The molecule has 112 valence electrons. The first-order chi connectivity index (χ1) is 9.46. The molecule has 0 aliphatic carbocycles. The van der Waals surface area contributed by atoms with Gasteiger partial charge in [0.05, 0.1) is 11.5 Å². The van der Waals surface area contributed by atoms with E-state index in [0.29, 0.717) is 30.3 Å². The van der Waals surface area contributed by atoms with Crippen LogP contribution in [0.4, 0.5) is 0 Å². The number of nitrogens with zero attached hydrogens (tertiary/aromatic N) is 1. The molecule has 1 aliphatic heterocycles. The second-order valence-corrected chi connectivity index (χ2v) is 7.19. The van der Waals surface area contributed by atoms with E-state index in [2.05, 4.69) is 0 Å². The van der Waals surface area contributed by atoms with Gasteiger partial charge in [0.15, 0.2) is 0 Å². The van der Waals surface area contributed by atoms with Gasteiger partial charge in [-0.3, -0.25) is 0 Å². The fourth-order valence-electron chi connectivity index (χ4n) is 2.65. The lowest BCUT2D eigenvalue weighted by molar-refractivity contribution is 0.334. The fourth-order valence-corrected chi connectivity index (χ4v) is 4.39. The van der Waals surface area contributed by atoms with Crippen LogP contribution in [0.2, 0.25) is 0 Å². The average Bonchev–Trinajstić information content (AvgIpc) is 2.42. The minimum Gasteiger partial charge on any atom is -0.494 e. The first kappa shape index (κ1) is 15.3. The van der Waals surface area contributed by atoms with Crippen LogP contribution >= 0.6 is 0 Å². The van der Waals surface area contributed by atoms with E-state index >= 15 is 0 Å². The largest absolute Gasteiger partial charge is 0.494 e. The normalized spacial score (nSPS) is 17.1. The highest BCUT2D eigenvalue weighted by atomic mass is 32.2. The Morgan fingerprint density at radius 3 is 2.35 bits per heavy atom. The summed E-state index contributed by atoms with van der Waals surface area (Å²) in [5.41, 5.74) is 1.76.